The lowest BCUT2D eigenvalue weighted by molar-refractivity contribution is 0.0526. The van der Waals surface area contributed by atoms with Crippen LogP contribution in [0.15, 0.2) is 24.3 Å². The van der Waals surface area contributed by atoms with Gasteiger partial charge in [0.1, 0.15) is 0 Å². The van der Waals surface area contributed by atoms with E-state index in [4.69, 9.17) is 9.47 Å². The Morgan fingerprint density at radius 2 is 2.17 bits per heavy atom. The fourth-order valence-corrected chi connectivity index (χ4v) is 3.70. The van der Waals surface area contributed by atoms with Gasteiger partial charge in [0, 0.05) is 18.3 Å². The second kappa shape index (κ2) is 6.58. The lowest BCUT2D eigenvalue weighted by atomic mass is 10.0. The second-order valence-electron chi connectivity index (χ2n) is 5.95. The number of hydrogen-bond donors (Lipinski definition) is 1. The fraction of sp³-hybridized carbons (Fsp3) is 0.529. The Labute approximate surface area is 135 Å². The van der Waals surface area contributed by atoms with Crippen LogP contribution in [-0.2, 0) is 9.47 Å². The highest BCUT2D eigenvalue weighted by Gasteiger charge is 2.47. The molecule has 1 heterocycles. The fourth-order valence-electron chi connectivity index (χ4n) is 3.70. The van der Waals surface area contributed by atoms with Gasteiger partial charge in [-0.3, -0.25) is 4.90 Å². The minimum Gasteiger partial charge on any atom is -0.462 e. The summed E-state index contributed by atoms with van der Waals surface area (Å²) in [5.41, 5.74) is 1.12. The Kier molecular flexibility index (Phi) is 4.52. The molecule has 1 N–H and O–H groups in total. The van der Waals surface area contributed by atoms with Crippen molar-refractivity contribution in [2.75, 3.05) is 25.2 Å². The molecule has 3 unspecified atom stereocenters. The van der Waals surface area contributed by atoms with Crippen molar-refractivity contribution in [1.29, 1.82) is 0 Å². The van der Waals surface area contributed by atoms with E-state index in [-0.39, 0.29) is 18.1 Å². The normalized spacial score (nSPS) is 25.2. The lowest BCUT2D eigenvalue weighted by Gasteiger charge is -2.30. The first-order valence-corrected chi connectivity index (χ1v) is 8.03. The third-order valence-electron chi connectivity index (χ3n) is 4.69. The molecule has 124 valence electrons. The summed E-state index contributed by atoms with van der Waals surface area (Å²) in [6.45, 7) is 3.01. The molecule has 1 aromatic carbocycles. The summed E-state index contributed by atoms with van der Waals surface area (Å²) in [7, 11) is 1.38. The molecule has 2 bridgehead atoms. The molecule has 0 spiro atoms. The molecular formula is C17H22N2O4. The van der Waals surface area contributed by atoms with Gasteiger partial charge in [-0.1, -0.05) is 6.07 Å². The van der Waals surface area contributed by atoms with E-state index in [0.717, 1.165) is 19.4 Å². The van der Waals surface area contributed by atoms with Gasteiger partial charge in [-0.15, -0.1) is 0 Å². The van der Waals surface area contributed by atoms with Gasteiger partial charge in [0.15, 0.2) is 0 Å². The van der Waals surface area contributed by atoms with Crippen LogP contribution in [0.3, 0.4) is 0 Å². The zero-order chi connectivity index (χ0) is 16.4. The zero-order valence-electron chi connectivity index (χ0n) is 13.5. The summed E-state index contributed by atoms with van der Waals surface area (Å²) < 4.78 is 10.0. The van der Waals surface area contributed by atoms with Crippen LogP contribution in [0.5, 0.6) is 0 Å². The first-order chi connectivity index (χ1) is 11.2. The number of benzene rings is 1. The highest BCUT2D eigenvalue weighted by atomic mass is 16.5. The Morgan fingerprint density at radius 1 is 1.35 bits per heavy atom. The number of nitrogens with one attached hydrogen (secondary N) is 1. The Bertz CT molecular complexity index is 584. The summed E-state index contributed by atoms with van der Waals surface area (Å²) in [5.74, 6) is 0.0389. The largest absolute Gasteiger partial charge is 0.462 e. The van der Waals surface area contributed by atoms with Gasteiger partial charge >= 0.3 is 12.1 Å². The number of ether oxygens (including phenoxy) is 2. The Hall–Kier alpha value is -2.08. The van der Waals surface area contributed by atoms with Crippen LogP contribution in [0, 0.1) is 5.92 Å². The van der Waals surface area contributed by atoms with Crippen molar-refractivity contribution >= 4 is 17.7 Å². The molecule has 1 aliphatic heterocycles. The molecule has 3 atom stereocenters. The number of fused-ring (bicyclic) bond motifs is 2. The summed E-state index contributed by atoms with van der Waals surface area (Å²) in [6.07, 6.45) is 1.77. The van der Waals surface area contributed by atoms with Crippen LogP contribution in [0.25, 0.3) is 0 Å². The zero-order valence-corrected chi connectivity index (χ0v) is 13.5. The third-order valence-corrected chi connectivity index (χ3v) is 4.69. The maximum Gasteiger partial charge on any atom is 0.414 e. The van der Waals surface area contributed by atoms with Crippen molar-refractivity contribution in [3.63, 3.8) is 0 Å². The van der Waals surface area contributed by atoms with Crippen molar-refractivity contribution in [3.05, 3.63) is 29.8 Å². The number of methoxy groups -OCH3 is 1. The molecule has 1 aromatic rings. The van der Waals surface area contributed by atoms with E-state index in [0.29, 0.717) is 23.8 Å². The molecular weight excluding hydrogens is 296 g/mol. The van der Waals surface area contributed by atoms with Gasteiger partial charge in [-0.25, -0.2) is 9.59 Å². The number of anilines is 1. The lowest BCUT2D eigenvalue weighted by Crippen LogP contribution is -2.46. The van der Waals surface area contributed by atoms with E-state index in [1.807, 2.05) is 6.07 Å². The molecule has 1 saturated carbocycles. The van der Waals surface area contributed by atoms with E-state index < -0.39 is 6.09 Å². The number of hydrogen-bond acceptors (Lipinski definition) is 5. The van der Waals surface area contributed by atoms with Crippen LogP contribution >= 0.6 is 0 Å². The SMILES string of the molecule is CCOC(=O)c1cccc(N(C(=O)OC)C2C3CCC2NC3)c1. The van der Waals surface area contributed by atoms with Gasteiger partial charge in [0.05, 0.1) is 25.3 Å². The minimum absolute atomic E-state index is 0.0693. The molecule has 0 aromatic heterocycles. The smallest absolute Gasteiger partial charge is 0.414 e. The molecule has 1 amide bonds. The number of rotatable bonds is 4. The van der Waals surface area contributed by atoms with Crippen LogP contribution in [0.1, 0.15) is 30.1 Å². The minimum atomic E-state index is -0.392. The Morgan fingerprint density at radius 3 is 2.74 bits per heavy atom. The van der Waals surface area contributed by atoms with Crippen LogP contribution < -0.4 is 10.2 Å². The van der Waals surface area contributed by atoms with Gasteiger partial charge in [-0.2, -0.15) is 0 Å². The van der Waals surface area contributed by atoms with Crippen molar-refractivity contribution < 1.29 is 19.1 Å². The van der Waals surface area contributed by atoms with Crippen molar-refractivity contribution in [3.8, 4) is 0 Å². The van der Waals surface area contributed by atoms with Gasteiger partial charge in [-0.05, 0) is 43.9 Å². The van der Waals surface area contributed by atoms with Crippen LogP contribution in [-0.4, -0.2) is 44.4 Å². The predicted molar refractivity (Wildman–Crippen MR) is 85.6 cm³/mol. The molecule has 6 nitrogen and oxygen atoms in total. The first kappa shape index (κ1) is 15.8. The number of nitrogens with zero attached hydrogens (tertiary/aromatic N) is 1. The molecule has 3 rings (SSSR count). The van der Waals surface area contributed by atoms with Gasteiger partial charge in [0.25, 0.3) is 0 Å². The van der Waals surface area contributed by atoms with E-state index >= 15 is 0 Å². The van der Waals surface area contributed by atoms with E-state index in [2.05, 4.69) is 5.32 Å². The molecule has 2 fully saturated rings. The van der Waals surface area contributed by atoms with E-state index in [1.165, 1.54) is 7.11 Å². The average Bonchev–Trinajstić information content (AvgIpc) is 3.16. The Balaban J connectivity index is 1.93. The quantitative estimate of drug-likeness (QED) is 0.862. The number of esters is 1. The molecule has 1 aliphatic carbocycles. The van der Waals surface area contributed by atoms with Crippen molar-refractivity contribution in [1.82, 2.24) is 5.32 Å². The number of piperidine rings is 1. The van der Waals surface area contributed by atoms with Crippen LogP contribution in [0.2, 0.25) is 0 Å². The molecule has 6 heteroatoms. The molecule has 2 aliphatic rings. The molecule has 23 heavy (non-hydrogen) atoms. The standard InChI is InChI=1S/C17H22N2O4/c1-3-23-16(20)11-5-4-6-13(9-11)19(17(21)22-2)15-12-7-8-14(15)18-10-12/h4-6,9,12,14-15,18H,3,7-8,10H2,1-2H3. The van der Waals surface area contributed by atoms with Crippen LogP contribution in [0.4, 0.5) is 10.5 Å². The number of carbonyl (C=O) groups excluding carboxylic acids is 2. The maximum absolute atomic E-state index is 12.4. The maximum atomic E-state index is 12.4. The van der Waals surface area contributed by atoms with Crippen molar-refractivity contribution in [2.45, 2.75) is 31.8 Å². The van der Waals surface area contributed by atoms with E-state index in [9.17, 15) is 9.59 Å². The predicted octanol–water partition coefficient (Wildman–Crippen LogP) is 2.19. The summed E-state index contributed by atoms with van der Waals surface area (Å²) in [4.78, 5) is 26.0. The average molecular weight is 318 g/mol. The third kappa shape index (κ3) is 2.91. The number of carbonyl (C=O) groups is 2. The van der Waals surface area contributed by atoms with Gasteiger partial charge < -0.3 is 14.8 Å². The number of amides is 1. The molecule has 0 radical (unpaired) electrons. The summed E-state index contributed by atoms with van der Waals surface area (Å²) in [6, 6.07) is 7.34. The van der Waals surface area contributed by atoms with E-state index in [1.54, 1.807) is 30.0 Å². The van der Waals surface area contributed by atoms with Gasteiger partial charge in [0.2, 0.25) is 0 Å². The topological polar surface area (TPSA) is 67.9 Å². The van der Waals surface area contributed by atoms with Crippen molar-refractivity contribution in [2.24, 2.45) is 5.92 Å². The molecule has 1 saturated heterocycles. The summed E-state index contributed by atoms with van der Waals surface area (Å²) in [5, 5.41) is 3.45. The first-order valence-electron chi connectivity index (χ1n) is 8.03. The summed E-state index contributed by atoms with van der Waals surface area (Å²) >= 11 is 0. The second-order valence-corrected chi connectivity index (χ2v) is 5.95. The highest BCUT2D eigenvalue weighted by molar-refractivity contribution is 5.94. The highest BCUT2D eigenvalue weighted by Crippen LogP contribution is 2.37. The monoisotopic (exact) mass is 318 g/mol.